The van der Waals surface area contributed by atoms with E-state index in [1.165, 1.54) is 12.1 Å². The molecule has 104 valence electrons. The van der Waals surface area contributed by atoms with Crippen LogP contribution in [0.3, 0.4) is 0 Å². The second-order valence-electron chi connectivity index (χ2n) is 4.70. The molecule has 5 nitrogen and oxygen atoms in total. The van der Waals surface area contributed by atoms with Crippen molar-refractivity contribution in [1.82, 2.24) is 10.2 Å². The zero-order valence-corrected chi connectivity index (χ0v) is 11.9. The van der Waals surface area contributed by atoms with Gasteiger partial charge in [0.05, 0.1) is 10.9 Å². The van der Waals surface area contributed by atoms with Gasteiger partial charge in [-0.1, -0.05) is 0 Å². The first-order valence-corrected chi connectivity index (χ1v) is 8.14. The van der Waals surface area contributed by atoms with Gasteiger partial charge in [-0.3, -0.25) is 4.79 Å². The molecule has 6 heteroatoms. The van der Waals surface area contributed by atoms with Gasteiger partial charge in [0.25, 0.3) is 5.91 Å². The van der Waals surface area contributed by atoms with Gasteiger partial charge >= 0.3 is 0 Å². The summed E-state index contributed by atoms with van der Waals surface area (Å²) in [5, 5.41) is 3.14. The molecule has 1 fully saturated rings. The number of nitrogens with zero attached hydrogens (tertiary/aromatic N) is 1. The van der Waals surface area contributed by atoms with Gasteiger partial charge in [-0.25, -0.2) is 8.42 Å². The monoisotopic (exact) mass is 282 g/mol. The molecule has 2 rings (SSSR count). The maximum atomic E-state index is 12.3. The second-order valence-corrected chi connectivity index (χ2v) is 6.72. The Morgan fingerprint density at radius 3 is 2.26 bits per heavy atom. The van der Waals surface area contributed by atoms with E-state index in [0.717, 1.165) is 19.3 Å². The van der Waals surface area contributed by atoms with Crippen molar-refractivity contribution >= 4 is 15.7 Å². The summed E-state index contributed by atoms with van der Waals surface area (Å²) in [6.45, 7) is 4.24. The lowest BCUT2D eigenvalue weighted by molar-refractivity contribution is 0.0630. The van der Waals surface area contributed by atoms with E-state index in [-0.39, 0.29) is 16.8 Å². The summed E-state index contributed by atoms with van der Waals surface area (Å²) in [6, 6.07) is 6.36. The van der Waals surface area contributed by atoms with Crippen LogP contribution in [0.4, 0.5) is 0 Å². The van der Waals surface area contributed by atoms with Gasteiger partial charge in [0.2, 0.25) is 0 Å². The van der Waals surface area contributed by atoms with Crippen molar-refractivity contribution in [3.05, 3.63) is 29.8 Å². The van der Waals surface area contributed by atoms with Crippen LogP contribution in [-0.4, -0.2) is 51.2 Å². The molecule has 1 aliphatic heterocycles. The Bertz CT molecular complexity index is 562. The average molecular weight is 282 g/mol. The van der Waals surface area contributed by atoms with Crippen LogP contribution in [0.2, 0.25) is 0 Å². The summed E-state index contributed by atoms with van der Waals surface area (Å²) in [5.74, 6) is -0.0472. The SMILES string of the molecule is CCN(C(=O)c1ccc(S(C)(=O)=O)cc1)C1CNC1. The first-order chi connectivity index (χ1) is 8.93. The average Bonchev–Trinajstić information content (AvgIpc) is 2.31. The van der Waals surface area contributed by atoms with E-state index < -0.39 is 9.84 Å². The van der Waals surface area contributed by atoms with Gasteiger partial charge in [-0.2, -0.15) is 0 Å². The van der Waals surface area contributed by atoms with Crippen molar-refractivity contribution in [3.8, 4) is 0 Å². The fourth-order valence-electron chi connectivity index (χ4n) is 2.07. The van der Waals surface area contributed by atoms with Crippen molar-refractivity contribution < 1.29 is 13.2 Å². The largest absolute Gasteiger partial charge is 0.333 e. The second kappa shape index (κ2) is 5.30. The molecule has 0 aromatic heterocycles. The number of hydrogen-bond donors (Lipinski definition) is 1. The lowest BCUT2D eigenvalue weighted by Crippen LogP contribution is -2.58. The molecule has 0 bridgehead atoms. The number of hydrogen-bond acceptors (Lipinski definition) is 4. The number of nitrogens with one attached hydrogen (secondary N) is 1. The quantitative estimate of drug-likeness (QED) is 0.874. The molecule has 19 heavy (non-hydrogen) atoms. The van der Waals surface area contributed by atoms with Gasteiger partial charge in [0.1, 0.15) is 0 Å². The molecular weight excluding hydrogens is 264 g/mol. The molecule has 0 saturated carbocycles. The van der Waals surface area contributed by atoms with Gasteiger partial charge in [0, 0.05) is 31.5 Å². The first kappa shape index (κ1) is 14.0. The van der Waals surface area contributed by atoms with Crippen molar-refractivity contribution in [2.75, 3.05) is 25.9 Å². The molecule has 0 atom stereocenters. The highest BCUT2D eigenvalue weighted by Gasteiger charge is 2.27. The Hall–Kier alpha value is -1.40. The van der Waals surface area contributed by atoms with Crippen LogP contribution in [-0.2, 0) is 9.84 Å². The highest BCUT2D eigenvalue weighted by molar-refractivity contribution is 7.90. The molecule has 1 amide bonds. The Morgan fingerprint density at radius 1 is 1.32 bits per heavy atom. The summed E-state index contributed by atoms with van der Waals surface area (Å²) in [6.07, 6.45) is 1.15. The predicted octanol–water partition coefficient (Wildman–Crippen LogP) is 0.524. The zero-order chi connectivity index (χ0) is 14.0. The highest BCUT2D eigenvalue weighted by atomic mass is 32.2. The lowest BCUT2D eigenvalue weighted by Gasteiger charge is -2.37. The summed E-state index contributed by atoms with van der Waals surface area (Å²) in [4.78, 5) is 14.4. The minimum Gasteiger partial charge on any atom is -0.333 e. The fraction of sp³-hybridized carbons (Fsp3) is 0.462. The maximum Gasteiger partial charge on any atom is 0.254 e. The molecule has 1 aliphatic rings. The smallest absolute Gasteiger partial charge is 0.254 e. The van der Waals surface area contributed by atoms with Crippen LogP contribution in [0.25, 0.3) is 0 Å². The van der Waals surface area contributed by atoms with Gasteiger partial charge in [-0.05, 0) is 31.2 Å². The third-order valence-corrected chi connectivity index (χ3v) is 4.46. The normalized spacial score (nSPS) is 15.9. The van der Waals surface area contributed by atoms with Crippen molar-refractivity contribution in [3.63, 3.8) is 0 Å². The topological polar surface area (TPSA) is 66.5 Å². The molecule has 1 aromatic carbocycles. The van der Waals surface area contributed by atoms with Crippen molar-refractivity contribution in [2.24, 2.45) is 0 Å². The van der Waals surface area contributed by atoms with Crippen LogP contribution < -0.4 is 5.32 Å². The Morgan fingerprint density at radius 2 is 1.89 bits per heavy atom. The van der Waals surface area contributed by atoms with E-state index in [9.17, 15) is 13.2 Å². The number of rotatable bonds is 4. The number of sulfone groups is 1. The lowest BCUT2D eigenvalue weighted by atomic mass is 10.1. The Labute approximate surface area is 113 Å². The minimum absolute atomic E-state index is 0.0472. The molecule has 1 aromatic rings. The standard InChI is InChI=1S/C13H18N2O3S/c1-3-15(11-8-14-9-11)13(16)10-4-6-12(7-5-10)19(2,17)18/h4-7,11,14H,3,8-9H2,1-2H3. The predicted molar refractivity (Wildman–Crippen MR) is 72.9 cm³/mol. The molecule has 1 heterocycles. The van der Waals surface area contributed by atoms with Gasteiger partial charge < -0.3 is 10.2 Å². The summed E-state index contributed by atoms with van der Waals surface area (Å²) in [7, 11) is -3.22. The number of amides is 1. The molecule has 1 saturated heterocycles. The Kier molecular flexibility index (Phi) is 3.91. The number of carbonyl (C=O) groups is 1. The molecular formula is C13H18N2O3S. The van der Waals surface area contributed by atoms with Crippen LogP contribution in [0, 0.1) is 0 Å². The number of benzene rings is 1. The molecule has 0 unspecified atom stereocenters. The third kappa shape index (κ3) is 2.96. The zero-order valence-electron chi connectivity index (χ0n) is 11.1. The van der Waals surface area contributed by atoms with Crippen LogP contribution in [0.1, 0.15) is 17.3 Å². The molecule has 0 radical (unpaired) electrons. The van der Waals surface area contributed by atoms with Crippen molar-refractivity contribution in [1.29, 1.82) is 0 Å². The van der Waals surface area contributed by atoms with Crippen LogP contribution >= 0.6 is 0 Å². The van der Waals surface area contributed by atoms with E-state index in [0.29, 0.717) is 12.1 Å². The summed E-state index contributed by atoms with van der Waals surface area (Å²) < 4.78 is 22.7. The van der Waals surface area contributed by atoms with Crippen LogP contribution in [0.5, 0.6) is 0 Å². The third-order valence-electron chi connectivity index (χ3n) is 3.33. The molecule has 0 aliphatic carbocycles. The fourth-order valence-corrected chi connectivity index (χ4v) is 2.70. The number of carbonyl (C=O) groups excluding carboxylic acids is 1. The summed E-state index contributed by atoms with van der Waals surface area (Å²) >= 11 is 0. The molecule has 1 N–H and O–H groups in total. The van der Waals surface area contributed by atoms with E-state index >= 15 is 0 Å². The van der Waals surface area contributed by atoms with E-state index in [4.69, 9.17) is 0 Å². The maximum absolute atomic E-state index is 12.3. The van der Waals surface area contributed by atoms with E-state index in [1.54, 1.807) is 12.1 Å². The number of likely N-dealkylation sites (N-methyl/N-ethyl adjacent to an activating group) is 1. The van der Waals surface area contributed by atoms with Gasteiger partial charge in [-0.15, -0.1) is 0 Å². The summed E-state index contributed by atoms with van der Waals surface area (Å²) in [5.41, 5.74) is 0.529. The van der Waals surface area contributed by atoms with E-state index in [1.807, 2.05) is 11.8 Å². The highest BCUT2D eigenvalue weighted by Crippen LogP contribution is 2.14. The molecule has 0 spiro atoms. The van der Waals surface area contributed by atoms with Crippen molar-refractivity contribution in [2.45, 2.75) is 17.9 Å². The van der Waals surface area contributed by atoms with E-state index in [2.05, 4.69) is 5.32 Å². The Balaban J connectivity index is 2.19. The van der Waals surface area contributed by atoms with Crippen LogP contribution in [0.15, 0.2) is 29.2 Å². The minimum atomic E-state index is -3.22. The van der Waals surface area contributed by atoms with Gasteiger partial charge in [0.15, 0.2) is 9.84 Å². The first-order valence-electron chi connectivity index (χ1n) is 6.25.